The van der Waals surface area contributed by atoms with E-state index in [4.69, 9.17) is 11.6 Å². The minimum Gasteiger partial charge on any atom is -0.331 e. The van der Waals surface area contributed by atoms with Gasteiger partial charge in [0.15, 0.2) is 9.84 Å². The van der Waals surface area contributed by atoms with Crippen molar-refractivity contribution >= 4 is 38.7 Å². The Hall–Kier alpha value is -1.37. The SMILES string of the molecule is CS(=O)(=O)c1cc(C(=O)N2CCCC2c2cccs2)ccc1Cl. The summed E-state index contributed by atoms with van der Waals surface area (Å²) in [5.41, 5.74) is 0.360. The highest BCUT2D eigenvalue weighted by Crippen LogP contribution is 2.36. The number of amides is 1. The molecule has 7 heteroatoms. The van der Waals surface area contributed by atoms with Gasteiger partial charge in [0, 0.05) is 23.2 Å². The van der Waals surface area contributed by atoms with Gasteiger partial charge >= 0.3 is 0 Å². The Labute approximate surface area is 144 Å². The third-order valence-corrected chi connectivity index (χ3v) is 6.51. The predicted molar refractivity (Wildman–Crippen MR) is 91.9 cm³/mol. The Morgan fingerprint density at radius 1 is 1.35 bits per heavy atom. The van der Waals surface area contributed by atoms with Crippen LogP contribution >= 0.6 is 22.9 Å². The third kappa shape index (κ3) is 3.29. The summed E-state index contributed by atoms with van der Waals surface area (Å²) in [5, 5.41) is 2.14. The molecule has 1 unspecified atom stereocenters. The van der Waals surface area contributed by atoms with Gasteiger partial charge in [-0.3, -0.25) is 4.79 Å². The first-order chi connectivity index (χ1) is 10.9. The van der Waals surface area contributed by atoms with E-state index in [1.165, 1.54) is 12.1 Å². The van der Waals surface area contributed by atoms with E-state index in [0.717, 1.165) is 24.0 Å². The van der Waals surface area contributed by atoms with Crippen LogP contribution in [0.2, 0.25) is 5.02 Å². The van der Waals surface area contributed by atoms with Crippen LogP contribution in [0.15, 0.2) is 40.6 Å². The maximum Gasteiger partial charge on any atom is 0.254 e. The number of halogens is 1. The summed E-state index contributed by atoms with van der Waals surface area (Å²) in [4.78, 5) is 15.8. The lowest BCUT2D eigenvalue weighted by Crippen LogP contribution is -2.30. The Morgan fingerprint density at radius 3 is 2.78 bits per heavy atom. The van der Waals surface area contributed by atoms with Crippen LogP contribution in [-0.2, 0) is 9.84 Å². The topological polar surface area (TPSA) is 54.5 Å². The molecule has 1 aliphatic heterocycles. The molecule has 0 radical (unpaired) electrons. The lowest BCUT2D eigenvalue weighted by atomic mass is 10.1. The van der Waals surface area contributed by atoms with Gasteiger partial charge in [0.05, 0.1) is 16.0 Å². The molecule has 1 aliphatic rings. The first-order valence-corrected chi connectivity index (χ1v) is 10.4. The second-order valence-corrected chi connectivity index (χ2v) is 8.96. The number of hydrogen-bond acceptors (Lipinski definition) is 4. The van der Waals surface area contributed by atoms with Crippen molar-refractivity contribution in [2.75, 3.05) is 12.8 Å². The quantitative estimate of drug-likeness (QED) is 0.827. The van der Waals surface area contributed by atoms with Crippen molar-refractivity contribution in [1.29, 1.82) is 0 Å². The van der Waals surface area contributed by atoms with Gasteiger partial charge in [0.1, 0.15) is 0 Å². The lowest BCUT2D eigenvalue weighted by Gasteiger charge is -2.24. The van der Waals surface area contributed by atoms with Crippen LogP contribution in [0.1, 0.15) is 34.1 Å². The lowest BCUT2D eigenvalue weighted by molar-refractivity contribution is 0.0737. The van der Waals surface area contributed by atoms with Crippen molar-refractivity contribution < 1.29 is 13.2 Å². The van der Waals surface area contributed by atoms with Crippen molar-refractivity contribution in [3.8, 4) is 0 Å². The number of likely N-dealkylation sites (tertiary alicyclic amines) is 1. The third-order valence-electron chi connectivity index (χ3n) is 3.96. The average Bonchev–Trinajstić information content (AvgIpc) is 3.16. The fraction of sp³-hybridized carbons (Fsp3) is 0.312. The zero-order chi connectivity index (χ0) is 16.6. The largest absolute Gasteiger partial charge is 0.331 e. The van der Waals surface area contributed by atoms with Crippen LogP contribution < -0.4 is 0 Å². The van der Waals surface area contributed by atoms with Crippen molar-refractivity contribution in [3.63, 3.8) is 0 Å². The maximum atomic E-state index is 12.8. The molecular weight excluding hydrogens is 354 g/mol. The molecule has 1 amide bonds. The molecule has 23 heavy (non-hydrogen) atoms. The van der Waals surface area contributed by atoms with Crippen LogP contribution in [0.4, 0.5) is 0 Å². The van der Waals surface area contributed by atoms with Gasteiger partial charge < -0.3 is 4.90 Å². The normalized spacial score (nSPS) is 18.3. The van der Waals surface area contributed by atoms with Crippen molar-refractivity contribution in [1.82, 2.24) is 4.90 Å². The fourth-order valence-electron chi connectivity index (χ4n) is 2.87. The first kappa shape index (κ1) is 16.5. The number of carbonyl (C=O) groups excluding carboxylic acids is 1. The molecule has 0 aliphatic carbocycles. The molecule has 0 N–H and O–H groups in total. The van der Waals surface area contributed by atoms with Gasteiger partial charge in [-0.25, -0.2) is 8.42 Å². The molecule has 1 saturated heterocycles. The van der Waals surface area contributed by atoms with E-state index >= 15 is 0 Å². The molecule has 1 aromatic heterocycles. The number of nitrogens with zero attached hydrogens (tertiary/aromatic N) is 1. The fourth-order valence-corrected chi connectivity index (χ4v) is 5.05. The Bertz CT molecular complexity index is 831. The number of carbonyl (C=O) groups is 1. The molecule has 0 spiro atoms. The molecule has 0 bridgehead atoms. The summed E-state index contributed by atoms with van der Waals surface area (Å²) in [6.45, 7) is 0.679. The summed E-state index contributed by atoms with van der Waals surface area (Å²) in [6.07, 6.45) is 2.96. The highest BCUT2D eigenvalue weighted by molar-refractivity contribution is 7.90. The first-order valence-electron chi connectivity index (χ1n) is 7.22. The van der Waals surface area contributed by atoms with Crippen molar-refractivity contribution in [2.45, 2.75) is 23.8 Å². The second-order valence-electron chi connectivity index (χ2n) is 5.59. The van der Waals surface area contributed by atoms with E-state index in [2.05, 4.69) is 0 Å². The zero-order valence-electron chi connectivity index (χ0n) is 12.5. The van der Waals surface area contributed by atoms with E-state index in [1.54, 1.807) is 17.4 Å². The van der Waals surface area contributed by atoms with Gasteiger partial charge in [0.2, 0.25) is 0 Å². The van der Waals surface area contributed by atoms with Crippen LogP contribution in [0.5, 0.6) is 0 Å². The van der Waals surface area contributed by atoms with Gasteiger partial charge in [-0.15, -0.1) is 11.3 Å². The van der Waals surface area contributed by atoms with Crippen LogP contribution in [0.3, 0.4) is 0 Å². The van der Waals surface area contributed by atoms with Gasteiger partial charge in [0.25, 0.3) is 5.91 Å². The summed E-state index contributed by atoms with van der Waals surface area (Å²) in [6, 6.07) is 8.52. The summed E-state index contributed by atoms with van der Waals surface area (Å²) < 4.78 is 23.6. The number of benzene rings is 1. The molecule has 2 aromatic rings. The predicted octanol–water partition coefficient (Wildman–Crippen LogP) is 3.78. The monoisotopic (exact) mass is 369 g/mol. The Morgan fingerprint density at radius 2 is 2.13 bits per heavy atom. The molecule has 3 rings (SSSR count). The standard InChI is InChI=1S/C16H16ClNO3S2/c1-23(20,21)15-10-11(6-7-12(15)17)16(19)18-8-2-4-13(18)14-5-3-9-22-14/h3,5-7,9-10,13H,2,4,8H2,1H3. The summed E-state index contributed by atoms with van der Waals surface area (Å²) >= 11 is 7.59. The average molecular weight is 370 g/mol. The smallest absolute Gasteiger partial charge is 0.254 e. The second kappa shape index (κ2) is 6.26. The molecule has 1 aromatic carbocycles. The number of sulfone groups is 1. The van der Waals surface area contributed by atoms with Crippen molar-refractivity contribution in [2.24, 2.45) is 0 Å². The van der Waals surface area contributed by atoms with E-state index in [0.29, 0.717) is 12.1 Å². The minimum absolute atomic E-state index is 0.00288. The Balaban J connectivity index is 1.94. The van der Waals surface area contributed by atoms with Crippen molar-refractivity contribution in [3.05, 3.63) is 51.2 Å². The van der Waals surface area contributed by atoms with Crippen LogP contribution in [0, 0.1) is 0 Å². The highest BCUT2D eigenvalue weighted by atomic mass is 35.5. The van der Waals surface area contributed by atoms with Gasteiger partial charge in [-0.1, -0.05) is 17.7 Å². The van der Waals surface area contributed by atoms with Crippen LogP contribution in [0.25, 0.3) is 0 Å². The van der Waals surface area contributed by atoms with Gasteiger partial charge in [-0.2, -0.15) is 0 Å². The number of rotatable bonds is 3. The maximum absolute atomic E-state index is 12.8. The molecule has 2 heterocycles. The number of thiophene rings is 1. The number of hydrogen-bond donors (Lipinski definition) is 0. The van der Waals surface area contributed by atoms with E-state index in [1.807, 2.05) is 22.4 Å². The van der Waals surface area contributed by atoms with Gasteiger partial charge in [-0.05, 0) is 42.5 Å². The molecule has 1 fully saturated rings. The van der Waals surface area contributed by atoms with E-state index in [9.17, 15) is 13.2 Å². The highest BCUT2D eigenvalue weighted by Gasteiger charge is 2.31. The molecular formula is C16H16ClNO3S2. The minimum atomic E-state index is -3.47. The summed E-state index contributed by atoms with van der Waals surface area (Å²) in [5.74, 6) is -0.150. The zero-order valence-corrected chi connectivity index (χ0v) is 14.9. The molecule has 1 atom stereocenters. The van der Waals surface area contributed by atoms with Crippen LogP contribution in [-0.4, -0.2) is 32.0 Å². The molecule has 4 nitrogen and oxygen atoms in total. The molecule has 0 saturated carbocycles. The van der Waals surface area contributed by atoms with E-state index in [-0.39, 0.29) is 21.9 Å². The van der Waals surface area contributed by atoms with E-state index < -0.39 is 9.84 Å². The molecule has 122 valence electrons. The Kier molecular flexibility index (Phi) is 4.49. The summed E-state index contributed by atoms with van der Waals surface area (Å²) in [7, 11) is -3.47.